The molecule has 3 rings (SSSR count). The van der Waals surface area contributed by atoms with E-state index in [1.807, 2.05) is 14.0 Å². The molecule has 2 unspecified atom stereocenters. The minimum absolute atomic E-state index is 0.0203. The van der Waals surface area contributed by atoms with Crippen LogP contribution in [0.5, 0.6) is 11.5 Å². The zero-order valence-electron chi connectivity index (χ0n) is 32.0. The van der Waals surface area contributed by atoms with Crippen molar-refractivity contribution in [2.45, 2.75) is 190 Å². The Hall–Kier alpha value is -1.80. The molecule has 2 aliphatic rings. The summed E-state index contributed by atoms with van der Waals surface area (Å²) in [6, 6.07) is 3.42. The van der Waals surface area contributed by atoms with E-state index in [-0.39, 0.29) is 35.8 Å². The second kappa shape index (κ2) is 25.3. The second-order valence-corrected chi connectivity index (χ2v) is 15.2. The van der Waals surface area contributed by atoms with Crippen molar-refractivity contribution in [3.63, 3.8) is 0 Å². The van der Waals surface area contributed by atoms with E-state index in [0.717, 1.165) is 69.0 Å². The van der Waals surface area contributed by atoms with Crippen molar-refractivity contribution in [3.8, 4) is 11.5 Å². The van der Waals surface area contributed by atoms with Gasteiger partial charge in [0.05, 0.1) is 18.8 Å². The average molecular weight is 737 g/mol. The summed E-state index contributed by atoms with van der Waals surface area (Å²) in [4.78, 5) is 0. The molecule has 9 atom stereocenters. The van der Waals surface area contributed by atoms with Crippen LogP contribution in [-0.2, 0) is 20.6 Å². The Morgan fingerprint density at radius 2 is 1.42 bits per heavy atom. The first kappa shape index (κ1) is 44.6. The smallest absolute Gasteiger partial charge is 0.187 e. The van der Waals surface area contributed by atoms with Crippen LogP contribution in [0.25, 0.3) is 0 Å². The van der Waals surface area contributed by atoms with Gasteiger partial charge in [0.1, 0.15) is 24.4 Å². The van der Waals surface area contributed by atoms with E-state index < -0.39 is 37.3 Å². The Morgan fingerprint density at radius 1 is 0.827 bits per heavy atom. The van der Waals surface area contributed by atoms with Crippen molar-refractivity contribution in [1.29, 1.82) is 0 Å². The summed E-state index contributed by atoms with van der Waals surface area (Å²) < 4.78 is 17.1. The number of rotatable bonds is 27. The Bertz CT molecular complexity index is 1120. The van der Waals surface area contributed by atoms with Crippen LogP contribution >= 0.6 is 0 Å². The highest BCUT2D eigenvalue weighted by Gasteiger charge is 2.45. The first-order valence-corrected chi connectivity index (χ1v) is 20.3. The van der Waals surface area contributed by atoms with Gasteiger partial charge in [-0.2, -0.15) is 0 Å². The molecule has 300 valence electrons. The van der Waals surface area contributed by atoms with Crippen LogP contribution in [-0.4, -0.2) is 99.9 Å². The number of phenols is 2. The second-order valence-electron chi connectivity index (χ2n) is 15.2. The van der Waals surface area contributed by atoms with Crippen LogP contribution < -0.4 is 11.1 Å². The molecule has 1 aromatic carbocycles. The number of fused-ring (bicyclic) bond motifs is 1. The molecular formula is C41H72N2O9. The van der Waals surface area contributed by atoms with Gasteiger partial charge in [-0.25, -0.2) is 0 Å². The Kier molecular flexibility index (Phi) is 21.7. The third kappa shape index (κ3) is 15.5. The fraction of sp³-hybridized carbons (Fsp3) is 0.805. The van der Waals surface area contributed by atoms with E-state index in [2.05, 4.69) is 17.5 Å². The summed E-state index contributed by atoms with van der Waals surface area (Å²) in [5.41, 5.74) is 8.40. The number of phenolic OH excluding ortho intramolecular Hbond substituents is 2. The summed E-state index contributed by atoms with van der Waals surface area (Å²) >= 11 is 0. The summed E-state index contributed by atoms with van der Waals surface area (Å²) in [5, 5.41) is 63.0. The highest BCUT2D eigenvalue weighted by Crippen LogP contribution is 2.35. The number of allylic oxidation sites excluding steroid dienone is 1. The number of benzene rings is 1. The molecule has 0 aromatic heterocycles. The number of nitrogens with two attached hydrogens (primary N) is 1. The molecular weight excluding hydrogens is 664 g/mol. The van der Waals surface area contributed by atoms with Crippen molar-refractivity contribution in [2.24, 2.45) is 5.73 Å². The first-order valence-electron chi connectivity index (χ1n) is 20.3. The molecule has 0 spiro atoms. The maximum Gasteiger partial charge on any atom is 0.187 e. The monoisotopic (exact) mass is 737 g/mol. The molecule has 11 nitrogen and oxygen atoms in total. The molecule has 0 radical (unpaired) electrons. The molecule has 0 aliphatic carbocycles. The molecule has 11 heteroatoms. The molecule has 1 saturated heterocycles. The summed E-state index contributed by atoms with van der Waals surface area (Å²) in [6.45, 7) is 2.27. The molecule has 1 fully saturated rings. The molecule has 0 amide bonds. The number of methoxy groups -OCH3 is 1. The van der Waals surface area contributed by atoms with Gasteiger partial charge in [-0.3, -0.25) is 0 Å². The first-order chi connectivity index (χ1) is 25.2. The Labute approximate surface area is 312 Å². The van der Waals surface area contributed by atoms with E-state index in [0.29, 0.717) is 6.42 Å². The fourth-order valence-electron chi connectivity index (χ4n) is 7.52. The van der Waals surface area contributed by atoms with Gasteiger partial charge in [-0.15, -0.1) is 0 Å². The number of aliphatic hydroxyl groups is 4. The lowest BCUT2D eigenvalue weighted by molar-refractivity contribution is -0.312. The summed E-state index contributed by atoms with van der Waals surface area (Å²) in [7, 11) is 1.81. The van der Waals surface area contributed by atoms with Crippen LogP contribution in [0.15, 0.2) is 24.3 Å². The summed E-state index contributed by atoms with van der Waals surface area (Å²) in [6.07, 6.45) is 20.7. The van der Waals surface area contributed by atoms with Gasteiger partial charge < -0.3 is 55.9 Å². The number of hydrogen-bond donors (Lipinski definition) is 8. The highest BCUT2D eigenvalue weighted by molar-refractivity contribution is 5.47. The van der Waals surface area contributed by atoms with E-state index in [9.17, 15) is 30.6 Å². The molecule has 2 aliphatic heterocycles. The van der Waals surface area contributed by atoms with E-state index in [1.54, 1.807) is 12.1 Å². The predicted octanol–water partition coefficient (Wildman–Crippen LogP) is 5.80. The van der Waals surface area contributed by atoms with Crippen molar-refractivity contribution in [3.05, 3.63) is 35.4 Å². The van der Waals surface area contributed by atoms with E-state index >= 15 is 0 Å². The SMILES string of the molecule is COC(/C=C/CCCCCCCC1NCCc2cc(O)c(O)cc21)CCCCCCCCCCCC[C@@H](O[C@@H]1O[C@H](CO)[C@H](O)[C@H](O)[C@H]1O)[C@@H](C)N. The number of ether oxygens (including phenoxy) is 3. The quantitative estimate of drug-likeness (QED) is 0.0310. The van der Waals surface area contributed by atoms with Gasteiger partial charge in [-0.05, 0) is 75.3 Å². The lowest BCUT2D eigenvalue weighted by atomic mass is 9.90. The van der Waals surface area contributed by atoms with Crippen molar-refractivity contribution in [1.82, 2.24) is 5.32 Å². The standard InChI is InChI=1S/C41H72N2O9/c1-29(42)36(51-41-40(49)39(48)38(47)37(28-44)52-41)23-19-15-11-6-4-3-5-8-12-16-20-31(50-2)21-17-13-9-7-10-14-18-22-33-32-27-35(46)34(45)26-30(32)24-25-43-33/h17,21,26-27,29,31,33,36-41,43-49H,3-16,18-20,22-25,28,42H2,1-2H3/b21-17+/t29-,31?,33?,36-,37-,38+,39+,40-,41-/m1/s1. The van der Waals surface area contributed by atoms with E-state index in [4.69, 9.17) is 19.9 Å². The molecule has 0 bridgehead atoms. The van der Waals surface area contributed by atoms with Crippen LogP contribution in [0.4, 0.5) is 0 Å². The molecule has 52 heavy (non-hydrogen) atoms. The maximum absolute atomic E-state index is 10.3. The highest BCUT2D eigenvalue weighted by atomic mass is 16.7. The van der Waals surface area contributed by atoms with Crippen molar-refractivity contribution >= 4 is 0 Å². The van der Waals surface area contributed by atoms with Gasteiger partial charge in [0.2, 0.25) is 0 Å². The number of aromatic hydroxyl groups is 2. The number of hydrogen-bond acceptors (Lipinski definition) is 11. The van der Waals surface area contributed by atoms with E-state index in [1.165, 1.54) is 70.6 Å². The minimum atomic E-state index is -1.45. The van der Waals surface area contributed by atoms with Crippen molar-refractivity contribution in [2.75, 3.05) is 20.3 Å². The van der Waals surface area contributed by atoms with Crippen LogP contribution in [0.2, 0.25) is 0 Å². The van der Waals surface area contributed by atoms with Crippen LogP contribution in [0.1, 0.15) is 146 Å². The molecule has 0 saturated carbocycles. The summed E-state index contributed by atoms with van der Waals surface area (Å²) in [5.74, 6) is -0.0459. The fourth-order valence-corrected chi connectivity index (χ4v) is 7.52. The normalized spacial score (nSPS) is 25.3. The third-order valence-electron chi connectivity index (χ3n) is 10.9. The zero-order valence-corrected chi connectivity index (χ0v) is 32.0. The Balaban J connectivity index is 1.12. The average Bonchev–Trinajstić information content (AvgIpc) is 3.13. The molecule has 1 aromatic rings. The molecule has 9 N–H and O–H groups in total. The van der Waals surface area contributed by atoms with Gasteiger partial charge in [0, 0.05) is 19.2 Å². The molecule has 2 heterocycles. The largest absolute Gasteiger partial charge is 0.504 e. The number of unbranched alkanes of at least 4 members (excludes halogenated alkanes) is 14. The van der Waals surface area contributed by atoms with Gasteiger partial charge in [0.25, 0.3) is 0 Å². The van der Waals surface area contributed by atoms with Gasteiger partial charge in [0.15, 0.2) is 17.8 Å². The Morgan fingerprint density at radius 3 is 2.06 bits per heavy atom. The maximum atomic E-state index is 10.3. The lowest BCUT2D eigenvalue weighted by Crippen LogP contribution is -2.60. The minimum Gasteiger partial charge on any atom is -0.504 e. The number of nitrogens with one attached hydrogen (secondary N) is 1. The topological polar surface area (TPSA) is 187 Å². The predicted molar refractivity (Wildman–Crippen MR) is 204 cm³/mol. The van der Waals surface area contributed by atoms with Crippen molar-refractivity contribution < 1.29 is 44.8 Å². The zero-order chi connectivity index (χ0) is 37.7. The van der Waals surface area contributed by atoms with Crippen LogP contribution in [0, 0.1) is 0 Å². The number of aliphatic hydroxyl groups excluding tert-OH is 4. The van der Waals surface area contributed by atoms with Crippen LogP contribution in [0.3, 0.4) is 0 Å². The lowest BCUT2D eigenvalue weighted by Gasteiger charge is -2.41. The van der Waals surface area contributed by atoms with Gasteiger partial charge >= 0.3 is 0 Å². The third-order valence-corrected chi connectivity index (χ3v) is 10.9. The van der Waals surface area contributed by atoms with Gasteiger partial charge in [-0.1, -0.05) is 102 Å².